The maximum atomic E-state index is 12.0. The van der Waals surface area contributed by atoms with E-state index in [1.165, 1.54) is 0 Å². The minimum absolute atomic E-state index is 0.0113. The number of H-pyrrole nitrogens is 1. The molecule has 0 bridgehead atoms. The van der Waals surface area contributed by atoms with E-state index in [4.69, 9.17) is 0 Å². The lowest BCUT2D eigenvalue weighted by Gasteiger charge is -2.13. The number of fused-ring (bicyclic) bond motifs is 1. The van der Waals surface area contributed by atoms with Crippen LogP contribution in [0.15, 0.2) is 24.5 Å². The summed E-state index contributed by atoms with van der Waals surface area (Å²) in [5, 5.41) is 6.35. The van der Waals surface area contributed by atoms with E-state index >= 15 is 0 Å². The van der Waals surface area contributed by atoms with Crippen LogP contribution >= 0.6 is 0 Å². The van der Waals surface area contributed by atoms with Crippen LogP contribution in [0.5, 0.6) is 0 Å². The van der Waals surface area contributed by atoms with Gasteiger partial charge in [0.2, 0.25) is 0 Å². The second-order valence-corrected chi connectivity index (χ2v) is 7.57. The van der Waals surface area contributed by atoms with Crippen molar-refractivity contribution in [2.75, 3.05) is 13.1 Å². The summed E-state index contributed by atoms with van der Waals surface area (Å²) in [6.07, 6.45) is 5.43. The van der Waals surface area contributed by atoms with Gasteiger partial charge in [-0.15, -0.1) is 0 Å². The SMILES string of the molecule is CC1(C)CN[C@@H](C#Cc2cnccc2-c2cc3c([nH]2)CCNC3=O)C1. The van der Waals surface area contributed by atoms with Crippen molar-refractivity contribution in [1.29, 1.82) is 0 Å². The van der Waals surface area contributed by atoms with Gasteiger partial charge in [-0.3, -0.25) is 9.78 Å². The largest absolute Gasteiger partial charge is 0.358 e. The van der Waals surface area contributed by atoms with Crippen LogP contribution < -0.4 is 10.6 Å². The summed E-state index contributed by atoms with van der Waals surface area (Å²) < 4.78 is 0. The Kier molecular flexibility index (Phi) is 3.85. The summed E-state index contributed by atoms with van der Waals surface area (Å²) in [4.78, 5) is 19.6. The molecule has 0 spiro atoms. The van der Waals surface area contributed by atoms with E-state index in [2.05, 4.69) is 46.3 Å². The number of hydrogen-bond donors (Lipinski definition) is 3. The number of rotatable bonds is 1. The zero-order valence-corrected chi connectivity index (χ0v) is 14.6. The fraction of sp³-hybridized carbons (Fsp3) is 0.400. The van der Waals surface area contributed by atoms with Crippen molar-refractivity contribution in [3.8, 4) is 23.1 Å². The Morgan fingerprint density at radius 3 is 2.96 bits per heavy atom. The highest BCUT2D eigenvalue weighted by molar-refractivity contribution is 5.98. The molecule has 5 nitrogen and oxygen atoms in total. The van der Waals surface area contributed by atoms with Gasteiger partial charge in [-0.1, -0.05) is 25.7 Å². The number of nitrogens with zero attached hydrogens (tertiary/aromatic N) is 1. The third-order valence-electron chi connectivity index (χ3n) is 4.88. The number of aromatic amines is 1. The van der Waals surface area contributed by atoms with Crippen LogP contribution in [0.4, 0.5) is 0 Å². The van der Waals surface area contributed by atoms with Gasteiger partial charge < -0.3 is 15.6 Å². The molecule has 2 aromatic heterocycles. The summed E-state index contributed by atoms with van der Waals surface area (Å²) in [6.45, 7) is 6.18. The van der Waals surface area contributed by atoms with Gasteiger partial charge in [0.15, 0.2) is 0 Å². The topological polar surface area (TPSA) is 69.8 Å². The molecule has 25 heavy (non-hydrogen) atoms. The highest BCUT2D eigenvalue weighted by Crippen LogP contribution is 2.28. The standard InChI is InChI=1S/C20H22N4O/c1-20(2)10-14(23-12-20)4-3-13-11-21-7-5-15(13)18-9-16-17(24-18)6-8-22-19(16)25/h5,7,9,11,14,23-24H,6,8,10,12H2,1-2H3,(H,22,25)/t14-/m0/s1. The third kappa shape index (κ3) is 3.18. The summed E-state index contributed by atoms with van der Waals surface area (Å²) in [7, 11) is 0. The van der Waals surface area contributed by atoms with Crippen LogP contribution in [0.25, 0.3) is 11.3 Å². The number of carbonyl (C=O) groups is 1. The maximum Gasteiger partial charge on any atom is 0.253 e. The highest BCUT2D eigenvalue weighted by Gasteiger charge is 2.29. The van der Waals surface area contributed by atoms with Gasteiger partial charge in [0.05, 0.1) is 17.2 Å². The predicted molar refractivity (Wildman–Crippen MR) is 97.1 cm³/mol. The zero-order valence-electron chi connectivity index (χ0n) is 14.6. The average molecular weight is 334 g/mol. The van der Waals surface area contributed by atoms with E-state index in [9.17, 15) is 4.79 Å². The van der Waals surface area contributed by atoms with Crippen LogP contribution in [0.2, 0.25) is 0 Å². The number of carbonyl (C=O) groups excluding carboxylic acids is 1. The second kappa shape index (κ2) is 6.05. The van der Waals surface area contributed by atoms with E-state index < -0.39 is 0 Å². The fourth-order valence-electron chi connectivity index (χ4n) is 3.53. The molecule has 0 aliphatic carbocycles. The second-order valence-electron chi connectivity index (χ2n) is 7.57. The lowest BCUT2D eigenvalue weighted by molar-refractivity contribution is 0.0946. The van der Waals surface area contributed by atoms with Crippen LogP contribution in [0, 0.1) is 17.3 Å². The Balaban J connectivity index is 1.66. The summed E-state index contributed by atoms with van der Waals surface area (Å²) in [5.74, 6) is 6.62. The van der Waals surface area contributed by atoms with Crippen molar-refractivity contribution in [2.24, 2.45) is 5.41 Å². The molecular formula is C20H22N4O. The molecular weight excluding hydrogens is 312 g/mol. The smallest absolute Gasteiger partial charge is 0.253 e. The molecule has 0 radical (unpaired) electrons. The lowest BCUT2D eigenvalue weighted by atomic mass is 9.91. The molecule has 1 fully saturated rings. The molecule has 2 aliphatic heterocycles. The van der Waals surface area contributed by atoms with E-state index in [1.54, 1.807) is 12.4 Å². The molecule has 3 N–H and O–H groups in total. The third-order valence-corrected chi connectivity index (χ3v) is 4.88. The van der Waals surface area contributed by atoms with Gasteiger partial charge in [-0.05, 0) is 24.0 Å². The Bertz CT molecular complexity index is 885. The molecule has 5 heteroatoms. The quantitative estimate of drug-likeness (QED) is 0.700. The summed E-state index contributed by atoms with van der Waals surface area (Å²) >= 11 is 0. The summed E-state index contributed by atoms with van der Waals surface area (Å²) in [5.41, 5.74) is 4.82. The van der Waals surface area contributed by atoms with Crippen molar-refractivity contribution in [3.63, 3.8) is 0 Å². The van der Waals surface area contributed by atoms with Gasteiger partial charge in [0.1, 0.15) is 0 Å². The maximum absolute atomic E-state index is 12.0. The Labute approximate surface area is 147 Å². The number of hydrogen-bond acceptors (Lipinski definition) is 3. The van der Waals surface area contributed by atoms with Crippen molar-refractivity contribution in [3.05, 3.63) is 41.3 Å². The molecule has 1 atom stereocenters. The number of aromatic nitrogens is 2. The monoisotopic (exact) mass is 334 g/mol. The first-order valence-electron chi connectivity index (χ1n) is 8.71. The van der Waals surface area contributed by atoms with Gasteiger partial charge in [0.25, 0.3) is 5.91 Å². The van der Waals surface area contributed by atoms with Crippen LogP contribution in [0.3, 0.4) is 0 Å². The number of amides is 1. The van der Waals surface area contributed by atoms with Gasteiger partial charge >= 0.3 is 0 Å². The average Bonchev–Trinajstić information content (AvgIpc) is 3.17. The molecule has 4 rings (SSSR count). The van der Waals surface area contributed by atoms with Crippen LogP contribution in [-0.2, 0) is 6.42 Å². The molecule has 0 saturated carbocycles. The van der Waals surface area contributed by atoms with Crippen molar-refractivity contribution >= 4 is 5.91 Å². The first-order chi connectivity index (χ1) is 12.0. The predicted octanol–water partition coefficient (Wildman–Crippen LogP) is 2.10. The Morgan fingerprint density at radius 2 is 2.20 bits per heavy atom. The van der Waals surface area contributed by atoms with Crippen molar-refractivity contribution < 1.29 is 4.79 Å². The van der Waals surface area contributed by atoms with Crippen LogP contribution in [-0.4, -0.2) is 35.0 Å². The minimum Gasteiger partial charge on any atom is -0.358 e. The molecule has 0 unspecified atom stereocenters. The van der Waals surface area contributed by atoms with E-state index in [-0.39, 0.29) is 11.9 Å². The fourth-order valence-corrected chi connectivity index (χ4v) is 3.53. The van der Waals surface area contributed by atoms with Crippen molar-refractivity contribution in [2.45, 2.75) is 32.7 Å². The molecule has 1 saturated heterocycles. The van der Waals surface area contributed by atoms with Gasteiger partial charge in [-0.25, -0.2) is 0 Å². The van der Waals surface area contributed by atoms with E-state index in [1.807, 2.05) is 12.1 Å². The first kappa shape index (κ1) is 15.9. The molecule has 128 valence electrons. The Morgan fingerprint density at radius 1 is 1.32 bits per heavy atom. The van der Waals surface area contributed by atoms with E-state index in [0.29, 0.717) is 12.0 Å². The van der Waals surface area contributed by atoms with Gasteiger partial charge in [0, 0.05) is 48.9 Å². The lowest BCUT2D eigenvalue weighted by Crippen LogP contribution is -2.31. The number of nitrogens with one attached hydrogen (secondary N) is 3. The van der Waals surface area contributed by atoms with Crippen molar-refractivity contribution in [1.82, 2.24) is 20.6 Å². The molecule has 0 aromatic carbocycles. The first-order valence-corrected chi connectivity index (χ1v) is 8.71. The molecule has 2 aliphatic rings. The normalized spacial score (nSPS) is 21.2. The molecule has 1 amide bonds. The zero-order chi connectivity index (χ0) is 17.4. The van der Waals surface area contributed by atoms with Gasteiger partial charge in [-0.2, -0.15) is 0 Å². The Hall–Kier alpha value is -2.58. The minimum atomic E-state index is -0.0113. The highest BCUT2D eigenvalue weighted by atomic mass is 16.1. The van der Waals surface area contributed by atoms with Crippen LogP contribution in [0.1, 0.15) is 41.9 Å². The number of pyridine rings is 1. The summed E-state index contributed by atoms with van der Waals surface area (Å²) in [6, 6.07) is 4.08. The molecule has 4 heterocycles. The van der Waals surface area contributed by atoms with E-state index in [0.717, 1.165) is 47.5 Å². The molecule has 2 aromatic rings.